The average Bonchev–Trinajstić information content (AvgIpc) is 2.36. The minimum absolute atomic E-state index is 0.393. The minimum atomic E-state index is 0.393. The molecular formula is C15H26N2. The molecule has 1 rings (SSSR count). The van der Waals surface area contributed by atoms with Crippen LogP contribution in [0.5, 0.6) is 0 Å². The number of rotatable bonds is 8. The first kappa shape index (κ1) is 14.1. The van der Waals surface area contributed by atoms with E-state index in [-0.39, 0.29) is 0 Å². The molecule has 1 aromatic heterocycles. The van der Waals surface area contributed by atoms with Crippen molar-refractivity contribution in [3.8, 4) is 0 Å². The van der Waals surface area contributed by atoms with Crippen LogP contribution < -0.4 is 0 Å². The molecule has 0 aliphatic rings. The molecule has 0 bridgehead atoms. The third-order valence-electron chi connectivity index (χ3n) is 3.71. The van der Waals surface area contributed by atoms with Crippen LogP contribution in [-0.4, -0.2) is 9.97 Å². The van der Waals surface area contributed by atoms with Crippen molar-refractivity contribution in [2.75, 3.05) is 0 Å². The first-order chi connectivity index (χ1) is 8.20. The highest BCUT2D eigenvalue weighted by Crippen LogP contribution is 2.31. The van der Waals surface area contributed by atoms with Crippen molar-refractivity contribution in [2.45, 2.75) is 65.7 Å². The molecule has 0 spiro atoms. The van der Waals surface area contributed by atoms with Crippen molar-refractivity contribution >= 4 is 0 Å². The zero-order valence-corrected chi connectivity index (χ0v) is 11.6. The monoisotopic (exact) mass is 234 g/mol. The van der Waals surface area contributed by atoms with Gasteiger partial charge in [0, 0.05) is 18.6 Å². The molecule has 1 atom stereocenters. The van der Waals surface area contributed by atoms with Crippen LogP contribution >= 0.6 is 0 Å². The third kappa shape index (κ3) is 5.29. The Morgan fingerprint density at radius 2 is 1.94 bits per heavy atom. The van der Waals surface area contributed by atoms with Gasteiger partial charge in [0.15, 0.2) is 0 Å². The molecule has 0 saturated heterocycles. The fourth-order valence-electron chi connectivity index (χ4n) is 2.23. The molecule has 0 amide bonds. The van der Waals surface area contributed by atoms with Gasteiger partial charge in [-0.2, -0.15) is 0 Å². The van der Waals surface area contributed by atoms with Gasteiger partial charge in [-0.15, -0.1) is 0 Å². The SMILES string of the molecule is CCCCCCC(C)(CC)Cc1cnccn1. The lowest BCUT2D eigenvalue weighted by atomic mass is 9.78. The van der Waals surface area contributed by atoms with E-state index in [1.54, 1.807) is 12.4 Å². The van der Waals surface area contributed by atoms with E-state index in [0.717, 1.165) is 12.1 Å². The summed E-state index contributed by atoms with van der Waals surface area (Å²) < 4.78 is 0. The standard InChI is InChI=1S/C15H26N2/c1-4-6-7-8-9-15(3,5-2)12-14-13-16-10-11-17-14/h10-11,13H,4-9,12H2,1-3H3. The largest absolute Gasteiger partial charge is 0.261 e. The highest BCUT2D eigenvalue weighted by atomic mass is 14.8. The van der Waals surface area contributed by atoms with Crippen LogP contribution in [0, 0.1) is 5.41 Å². The summed E-state index contributed by atoms with van der Waals surface area (Å²) in [6.07, 6.45) is 14.4. The maximum Gasteiger partial charge on any atom is 0.0592 e. The van der Waals surface area contributed by atoms with Gasteiger partial charge >= 0.3 is 0 Å². The van der Waals surface area contributed by atoms with E-state index in [2.05, 4.69) is 30.7 Å². The zero-order chi connectivity index (χ0) is 12.6. The van der Waals surface area contributed by atoms with Gasteiger partial charge in [0.1, 0.15) is 0 Å². The molecule has 0 aliphatic heterocycles. The van der Waals surface area contributed by atoms with E-state index in [1.165, 1.54) is 38.5 Å². The first-order valence-electron chi connectivity index (χ1n) is 6.95. The summed E-state index contributed by atoms with van der Waals surface area (Å²) >= 11 is 0. The maximum absolute atomic E-state index is 4.39. The second-order valence-corrected chi connectivity index (χ2v) is 5.35. The Labute approximate surface area is 106 Å². The molecule has 96 valence electrons. The van der Waals surface area contributed by atoms with Gasteiger partial charge in [0.05, 0.1) is 5.69 Å². The van der Waals surface area contributed by atoms with Gasteiger partial charge in [0.2, 0.25) is 0 Å². The fraction of sp³-hybridized carbons (Fsp3) is 0.733. The Hall–Kier alpha value is -0.920. The Balaban J connectivity index is 2.45. The topological polar surface area (TPSA) is 25.8 Å². The van der Waals surface area contributed by atoms with Gasteiger partial charge in [-0.25, -0.2) is 0 Å². The summed E-state index contributed by atoms with van der Waals surface area (Å²) in [6, 6.07) is 0. The molecule has 0 fully saturated rings. The van der Waals surface area contributed by atoms with E-state index < -0.39 is 0 Å². The summed E-state index contributed by atoms with van der Waals surface area (Å²) in [4.78, 5) is 8.54. The molecule has 0 N–H and O–H groups in total. The number of hydrogen-bond donors (Lipinski definition) is 0. The molecule has 1 heterocycles. The molecular weight excluding hydrogens is 208 g/mol. The summed E-state index contributed by atoms with van der Waals surface area (Å²) in [5.41, 5.74) is 1.52. The third-order valence-corrected chi connectivity index (χ3v) is 3.71. The smallest absolute Gasteiger partial charge is 0.0592 e. The molecule has 2 nitrogen and oxygen atoms in total. The highest BCUT2D eigenvalue weighted by molar-refractivity contribution is 4.99. The van der Waals surface area contributed by atoms with Crippen LogP contribution in [-0.2, 0) is 6.42 Å². The lowest BCUT2D eigenvalue weighted by Crippen LogP contribution is -2.19. The second-order valence-electron chi connectivity index (χ2n) is 5.35. The van der Waals surface area contributed by atoms with E-state index in [1.807, 2.05) is 6.20 Å². The van der Waals surface area contributed by atoms with Gasteiger partial charge in [-0.3, -0.25) is 9.97 Å². The summed E-state index contributed by atoms with van der Waals surface area (Å²) in [7, 11) is 0. The average molecular weight is 234 g/mol. The van der Waals surface area contributed by atoms with Gasteiger partial charge < -0.3 is 0 Å². The minimum Gasteiger partial charge on any atom is -0.261 e. The highest BCUT2D eigenvalue weighted by Gasteiger charge is 2.22. The Morgan fingerprint density at radius 1 is 1.12 bits per heavy atom. The van der Waals surface area contributed by atoms with Crippen molar-refractivity contribution in [3.05, 3.63) is 24.3 Å². The van der Waals surface area contributed by atoms with E-state index in [9.17, 15) is 0 Å². The van der Waals surface area contributed by atoms with Crippen LogP contribution in [0.4, 0.5) is 0 Å². The first-order valence-corrected chi connectivity index (χ1v) is 6.95. The molecule has 0 saturated carbocycles. The number of unbranched alkanes of at least 4 members (excludes halogenated alkanes) is 3. The van der Waals surface area contributed by atoms with Crippen LogP contribution in [0.1, 0.15) is 65.0 Å². The lowest BCUT2D eigenvalue weighted by molar-refractivity contribution is 0.268. The lowest BCUT2D eigenvalue weighted by Gasteiger charge is -2.27. The zero-order valence-electron chi connectivity index (χ0n) is 11.6. The van der Waals surface area contributed by atoms with E-state index >= 15 is 0 Å². The van der Waals surface area contributed by atoms with Crippen LogP contribution in [0.25, 0.3) is 0 Å². The molecule has 1 unspecified atom stereocenters. The number of aromatic nitrogens is 2. The Bertz CT molecular complexity index is 297. The summed E-state index contributed by atoms with van der Waals surface area (Å²) in [5.74, 6) is 0. The molecule has 0 radical (unpaired) electrons. The fourth-order valence-corrected chi connectivity index (χ4v) is 2.23. The number of hydrogen-bond acceptors (Lipinski definition) is 2. The van der Waals surface area contributed by atoms with Crippen molar-refractivity contribution in [1.29, 1.82) is 0 Å². The predicted molar refractivity (Wildman–Crippen MR) is 72.9 cm³/mol. The maximum atomic E-state index is 4.39. The van der Waals surface area contributed by atoms with E-state index in [0.29, 0.717) is 5.41 Å². The molecule has 0 aromatic carbocycles. The van der Waals surface area contributed by atoms with E-state index in [4.69, 9.17) is 0 Å². The Kier molecular flexibility index (Phi) is 6.17. The van der Waals surface area contributed by atoms with Crippen LogP contribution in [0.2, 0.25) is 0 Å². The molecule has 1 aromatic rings. The van der Waals surface area contributed by atoms with Crippen molar-refractivity contribution in [1.82, 2.24) is 9.97 Å². The van der Waals surface area contributed by atoms with Crippen LogP contribution in [0.15, 0.2) is 18.6 Å². The van der Waals surface area contributed by atoms with Crippen LogP contribution in [0.3, 0.4) is 0 Å². The predicted octanol–water partition coefficient (Wildman–Crippen LogP) is 4.41. The molecule has 0 aliphatic carbocycles. The van der Waals surface area contributed by atoms with Crippen molar-refractivity contribution < 1.29 is 0 Å². The Morgan fingerprint density at radius 3 is 2.53 bits per heavy atom. The van der Waals surface area contributed by atoms with Gasteiger partial charge in [0.25, 0.3) is 0 Å². The normalized spacial score (nSPS) is 14.5. The quantitative estimate of drug-likeness (QED) is 0.623. The van der Waals surface area contributed by atoms with Gasteiger partial charge in [-0.05, 0) is 18.3 Å². The summed E-state index contributed by atoms with van der Waals surface area (Å²) in [6.45, 7) is 6.93. The second kappa shape index (κ2) is 7.41. The van der Waals surface area contributed by atoms with Crippen molar-refractivity contribution in [2.24, 2.45) is 5.41 Å². The molecule has 17 heavy (non-hydrogen) atoms. The summed E-state index contributed by atoms with van der Waals surface area (Å²) in [5, 5.41) is 0. The van der Waals surface area contributed by atoms with Crippen molar-refractivity contribution in [3.63, 3.8) is 0 Å². The molecule has 2 heteroatoms. The number of nitrogens with zero attached hydrogens (tertiary/aromatic N) is 2. The van der Waals surface area contributed by atoms with Gasteiger partial charge in [-0.1, -0.05) is 52.9 Å².